The Kier molecular flexibility index (Phi) is 6.99. The largest absolute Gasteiger partial charge is 0.365 e. The number of nitrogens with zero attached hydrogens (tertiary/aromatic N) is 1. The van der Waals surface area contributed by atoms with Gasteiger partial charge in [0.15, 0.2) is 0 Å². The van der Waals surface area contributed by atoms with E-state index in [9.17, 15) is 4.79 Å². The summed E-state index contributed by atoms with van der Waals surface area (Å²) >= 11 is 0. The summed E-state index contributed by atoms with van der Waals surface area (Å²) in [5, 5.41) is 0. The molecule has 0 fully saturated rings. The molecule has 0 atom stereocenters. The van der Waals surface area contributed by atoms with Crippen molar-refractivity contribution < 1.29 is 4.79 Å². The molecule has 0 saturated heterocycles. The predicted octanol–water partition coefficient (Wildman–Crippen LogP) is 2.39. The Morgan fingerprint density at radius 1 is 1.19 bits per heavy atom. The lowest BCUT2D eigenvalue weighted by Crippen LogP contribution is -2.37. The smallest absolute Gasteiger partial charge is 0.255 e. The number of benzene rings is 1. The van der Waals surface area contributed by atoms with Crippen LogP contribution in [0, 0.1) is 6.92 Å². The van der Waals surface area contributed by atoms with Crippen molar-refractivity contribution in [3.8, 4) is 0 Å². The lowest BCUT2D eigenvalue weighted by molar-refractivity contribution is 0.0761. The number of carbonyl (C=O) groups excluding carboxylic acids is 1. The molecule has 0 spiro atoms. The van der Waals surface area contributed by atoms with E-state index in [2.05, 4.69) is 17.1 Å². The number of halogens is 1. The van der Waals surface area contributed by atoms with Crippen LogP contribution in [0.2, 0.25) is 0 Å². The van der Waals surface area contributed by atoms with Crippen LogP contribution in [-0.2, 0) is 6.42 Å². The van der Waals surface area contributed by atoms with Gasteiger partial charge in [-0.05, 0) is 25.0 Å². The monoisotopic (exact) mass is 307 g/mol. The Balaban J connectivity index is 0.00000220. The van der Waals surface area contributed by atoms with Gasteiger partial charge in [0.05, 0.1) is 5.56 Å². The number of hydrogen-bond acceptors (Lipinski definition) is 2. The molecule has 1 amide bonds. The van der Waals surface area contributed by atoms with Crippen LogP contribution in [0.5, 0.6) is 0 Å². The molecule has 2 rings (SSSR count). The summed E-state index contributed by atoms with van der Waals surface area (Å²) < 4.78 is 0. The van der Waals surface area contributed by atoms with Crippen molar-refractivity contribution in [1.82, 2.24) is 9.88 Å². The average molecular weight is 308 g/mol. The lowest BCUT2D eigenvalue weighted by Gasteiger charge is -2.22. The van der Waals surface area contributed by atoms with Gasteiger partial charge in [-0.3, -0.25) is 4.79 Å². The molecule has 3 N–H and O–H groups in total. The molecule has 2 aromatic rings. The van der Waals surface area contributed by atoms with Crippen LogP contribution in [0.1, 0.15) is 21.6 Å². The summed E-state index contributed by atoms with van der Waals surface area (Å²) in [6.45, 7) is 3.65. The van der Waals surface area contributed by atoms with E-state index >= 15 is 0 Å². The molecule has 5 heteroatoms. The van der Waals surface area contributed by atoms with Gasteiger partial charge >= 0.3 is 0 Å². The van der Waals surface area contributed by atoms with Crippen molar-refractivity contribution in [2.24, 2.45) is 5.73 Å². The highest BCUT2D eigenvalue weighted by Crippen LogP contribution is 2.10. The first kappa shape index (κ1) is 17.3. The van der Waals surface area contributed by atoms with Gasteiger partial charge < -0.3 is 15.6 Å². The zero-order valence-corrected chi connectivity index (χ0v) is 13.0. The minimum atomic E-state index is 0. The van der Waals surface area contributed by atoms with Gasteiger partial charge in [-0.15, -0.1) is 12.4 Å². The molecule has 0 saturated carbocycles. The number of amides is 1. The van der Waals surface area contributed by atoms with Crippen LogP contribution in [0.4, 0.5) is 0 Å². The first-order chi connectivity index (χ1) is 9.72. The topological polar surface area (TPSA) is 62.1 Å². The van der Waals surface area contributed by atoms with E-state index in [1.54, 1.807) is 6.20 Å². The molecule has 21 heavy (non-hydrogen) atoms. The Bertz CT molecular complexity index is 554. The fourth-order valence-electron chi connectivity index (χ4n) is 2.23. The summed E-state index contributed by atoms with van der Waals surface area (Å²) in [6, 6.07) is 12.0. The molecule has 0 aliphatic carbocycles. The van der Waals surface area contributed by atoms with E-state index in [1.165, 1.54) is 5.56 Å². The van der Waals surface area contributed by atoms with Gasteiger partial charge in [0.25, 0.3) is 5.91 Å². The number of aryl methyl sites for hydroxylation is 1. The molecule has 0 aliphatic heterocycles. The van der Waals surface area contributed by atoms with Crippen LogP contribution in [0.15, 0.2) is 42.6 Å². The SMILES string of the molecule is Cc1[nH]ccc1C(=O)N(CCN)CCc1ccccc1.Cl. The number of aromatic amines is 1. The number of aromatic nitrogens is 1. The van der Waals surface area contributed by atoms with E-state index < -0.39 is 0 Å². The van der Waals surface area contributed by atoms with Gasteiger partial charge in [0.2, 0.25) is 0 Å². The maximum Gasteiger partial charge on any atom is 0.255 e. The second kappa shape index (κ2) is 8.49. The maximum absolute atomic E-state index is 12.5. The van der Waals surface area contributed by atoms with Crippen LogP contribution >= 0.6 is 12.4 Å². The predicted molar refractivity (Wildman–Crippen MR) is 87.9 cm³/mol. The molecule has 0 radical (unpaired) electrons. The number of H-pyrrole nitrogens is 1. The molecule has 1 aromatic heterocycles. The van der Waals surface area contributed by atoms with E-state index in [-0.39, 0.29) is 18.3 Å². The fraction of sp³-hybridized carbons (Fsp3) is 0.312. The van der Waals surface area contributed by atoms with Gasteiger partial charge in [0, 0.05) is 31.5 Å². The van der Waals surface area contributed by atoms with Crippen molar-refractivity contribution in [1.29, 1.82) is 0 Å². The van der Waals surface area contributed by atoms with Crippen molar-refractivity contribution in [2.45, 2.75) is 13.3 Å². The summed E-state index contributed by atoms with van der Waals surface area (Å²) in [6.07, 6.45) is 2.64. The molecule has 0 unspecified atom stereocenters. The van der Waals surface area contributed by atoms with E-state index in [0.717, 1.165) is 17.7 Å². The number of nitrogens with two attached hydrogens (primary N) is 1. The second-order valence-corrected chi connectivity index (χ2v) is 4.83. The Morgan fingerprint density at radius 3 is 2.48 bits per heavy atom. The van der Waals surface area contributed by atoms with E-state index in [1.807, 2.05) is 36.1 Å². The fourth-order valence-corrected chi connectivity index (χ4v) is 2.23. The van der Waals surface area contributed by atoms with Gasteiger partial charge in [-0.1, -0.05) is 30.3 Å². The number of carbonyl (C=O) groups is 1. The van der Waals surface area contributed by atoms with Gasteiger partial charge in [0.1, 0.15) is 0 Å². The highest BCUT2D eigenvalue weighted by atomic mass is 35.5. The molecular weight excluding hydrogens is 286 g/mol. The summed E-state index contributed by atoms with van der Waals surface area (Å²) in [7, 11) is 0. The third-order valence-electron chi connectivity index (χ3n) is 3.38. The van der Waals surface area contributed by atoms with Crippen molar-refractivity contribution >= 4 is 18.3 Å². The molecule has 4 nitrogen and oxygen atoms in total. The molecular formula is C16H22ClN3O. The lowest BCUT2D eigenvalue weighted by atomic mass is 10.1. The average Bonchev–Trinajstić information content (AvgIpc) is 2.90. The van der Waals surface area contributed by atoms with Gasteiger partial charge in [-0.25, -0.2) is 0 Å². The third-order valence-corrected chi connectivity index (χ3v) is 3.38. The standard InChI is InChI=1S/C16H21N3O.ClH/c1-13-15(7-10-18-13)16(20)19(12-9-17)11-8-14-5-3-2-4-6-14;/h2-7,10,18H,8-9,11-12,17H2,1H3;1H. The molecule has 1 aromatic carbocycles. The van der Waals surface area contributed by atoms with Crippen molar-refractivity contribution in [2.75, 3.05) is 19.6 Å². The van der Waals surface area contributed by atoms with E-state index in [0.29, 0.717) is 19.6 Å². The first-order valence-electron chi connectivity index (χ1n) is 6.89. The maximum atomic E-state index is 12.5. The Labute approximate surface area is 131 Å². The highest BCUT2D eigenvalue weighted by Gasteiger charge is 2.17. The van der Waals surface area contributed by atoms with Gasteiger partial charge in [-0.2, -0.15) is 0 Å². The zero-order valence-electron chi connectivity index (χ0n) is 12.2. The normalized spacial score (nSPS) is 10.0. The number of hydrogen-bond donors (Lipinski definition) is 2. The minimum Gasteiger partial charge on any atom is -0.365 e. The summed E-state index contributed by atoms with van der Waals surface area (Å²) in [5.41, 5.74) is 8.48. The molecule has 1 heterocycles. The Hall–Kier alpha value is -1.78. The molecule has 0 aliphatic rings. The van der Waals surface area contributed by atoms with E-state index in [4.69, 9.17) is 5.73 Å². The van der Waals surface area contributed by atoms with Crippen LogP contribution in [0.25, 0.3) is 0 Å². The zero-order chi connectivity index (χ0) is 14.4. The Morgan fingerprint density at radius 2 is 1.90 bits per heavy atom. The van der Waals surface area contributed by atoms with Crippen molar-refractivity contribution in [3.63, 3.8) is 0 Å². The summed E-state index contributed by atoms with van der Waals surface area (Å²) in [5.74, 6) is 0.0464. The second-order valence-electron chi connectivity index (χ2n) is 4.83. The molecule has 114 valence electrons. The summed E-state index contributed by atoms with van der Waals surface area (Å²) in [4.78, 5) is 17.4. The quantitative estimate of drug-likeness (QED) is 0.861. The molecule has 0 bridgehead atoms. The van der Waals surface area contributed by atoms with Crippen molar-refractivity contribution in [3.05, 3.63) is 59.4 Å². The number of rotatable bonds is 6. The minimum absolute atomic E-state index is 0. The van der Waals surface area contributed by atoms with Crippen LogP contribution < -0.4 is 5.73 Å². The van der Waals surface area contributed by atoms with Crippen LogP contribution in [0.3, 0.4) is 0 Å². The highest BCUT2D eigenvalue weighted by molar-refractivity contribution is 5.95. The first-order valence-corrected chi connectivity index (χ1v) is 6.89. The third kappa shape index (κ3) is 4.62. The number of nitrogens with one attached hydrogen (secondary N) is 1. The van der Waals surface area contributed by atoms with Crippen LogP contribution in [-0.4, -0.2) is 35.4 Å².